The number of benzene rings is 2. The number of hydrogen-bond donors (Lipinski definition) is 0. The van der Waals surface area contributed by atoms with Crippen molar-refractivity contribution in [2.75, 3.05) is 39.3 Å². The van der Waals surface area contributed by atoms with Gasteiger partial charge in [-0.15, -0.1) is 0 Å². The number of carbonyl (C=O) groups excluding carboxylic acids is 1. The van der Waals surface area contributed by atoms with Crippen molar-refractivity contribution in [3.05, 3.63) is 42.7 Å². The smallest absolute Gasteiger partial charge is 0.219 e. The van der Waals surface area contributed by atoms with Crippen molar-refractivity contribution < 1.29 is 13.9 Å². The van der Waals surface area contributed by atoms with Gasteiger partial charge in [0.2, 0.25) is 5.91 Å². The number of nitrogens with zero attached hydrogens (tertiary/aromatic N) is 2. The summed E-state index contributed by atoms with van der Waals surface area (Å²) in [4.78, 5) is 15.6. The average Bonchev–Trinajstić information content (AvgIpc) is 3.11. The molecule has 5 heteroatoms. The van der Waals surface area contributed by atoms with Crippen LogP contribution < -0.4 is 4.74 Å². The summed E-state index contributed by atoms with van der Waals surface area (Å²) in [6.45, 7) is 6.62. The van der Waals surface area contributed by atoms with Crippen LogP contribution in [0.1, 0.15) is 6.92 Å². The van der Waals surface area contributed by atoms with Gasteiger partial charge in [0.05, 0.1) is 6.26 Å². The highest BCUT2D eigenvalue weighted by Crippen LogP contribution is 2.28. The van der Waals surface area contributed by atoms with Crippen LogP contribution in [0.25, 0.3) is 21.7 Å². The van der Waals surface area contributed by atoms with Gasteiger partial charge in [-0.1, -0.05) is 6.07 Å². The first-order chi connectivity index (χ1) is 12.2. The Bertz CT molecular complexity index is 894. The summed E-state index contributed by atoms with van der Waals surface area (Å²) in [5, 5.41) is 3.47. The van der Waals surface area contributed by atoms with E-state index in [0.717, 1.165) is 54.8 Å². The fourth-order valence-corrected chi connectivity index (χ4v) is 3.43. The Morgan fingerprint density at radius 2 is 1.92 bits per heavy atom. The zero-order chi connectivity index (χ0) is 17.2. The van der Waals surface area contributed by atoms with E-state index in [9.17, 15) is 4.79 Å². The minimum Gasteiger partial charge on any atom is -0.492 e. The van der Waals surface area contributed by atoms with Gasteiger partial charge in [0.25, 0.3) is 0 Å². The minimum atomic E-state index is 0.166. The van der Waals surface area contributed by atoms with E-state index in [0.29, 0.717) is 6.61 Å². The van der Waals surface area contributed by atoms with Gasteiger partial charge >= 0.3 is 0 Å². The van der Waals surface area contributed by atoms with E-state index in [1.165, 1.54) is 5.39 Å². The van der Waals surface area contributed by atoms with E-state index in [1.807, 2.05) is 23.1 Å². The van der Waals surface area contributed by atoms with E-state index < -0.39 is 0 Å². The SMILES string of the molecule is CC(=O)N1CCN(CCOc2ccc3c(ccc4occc43)c2)CC1. The Morgan fingerprint density at radius 3 is 2.72 bits per heavy atom. The first kappa shape index (κ1) is 16.0. The second-order valence-corrected chi connectivity index (χ2v) is 6.48. The summed E-state index contributed by atoms with van der Waals surface area (Å²) >= 11 is 0. The summed E-state index contributed by atoms with van der Waals surface area (Å²) in [5.41, 5.74) is 0.908. The third-order valence-electron chi connectivity index (χ3n) is 4.92. The van der Waals surface area contributed by atoms with Gasteiger partial charge in [-0.2, -0.15) is 0 Å². The van der Waals surface area contributed by atoms with Crippen LogP contribution in [0.4, 0.5) is 0 Å². The quantitative estimate of drug-likeness (QED) is 0.733. The lowest BCUT2D eigenvalue weighted by molar-refractivity contribution is -0.130. The zero-order valence-electron chi connectivity index (χ0n) is 14.4. The average molecular weight is 338 g/mol. The molecule has 1 saturated heterocycles. The summed E-state index contributed by atoms with van der Waals surface area (Å²) in [7, 11) is 0. The highest BCUT2D eigenvalue weighted by Gasteiger charge is 2.18. The standard InChI is InChI=1S/C20H22N2O3/c1-15(23)22-9-7-21(8-10-22)11-13-24-17-3-4-18-16(14-17)2-5-20-19(18)6-12-25-20/h2-6,12,14H,7-11,13H2,1H3. The van der Waals surface area contributed by atoms with Crippen molar-refractivity contribution in [3.63, 3.8) is 0 Å². The monoisotopic (exact) mass is 338 g/mol. The molecule has 3 aromatic rings. The van der Waals surface area contributed by atoms with Gasteiger partial charge < -0.3 is 14.1 Å². The molecule has 2 heterocycles. The third kappa shape index (κ3) is 3.33. The summed E-state index contributed by atoms with van der Waals surface area (Å²) in [6, 6.07) is 12.2. The summed E-state index contributed by atoms with van der Waals surface area (Å²) in [5.74, 6) is 1.05. The Morgan fingerprint density at radius 1 is 1.08 bits per heavy atom. The van der Waals surface area contributed by atoms with Gasteiger partial charge in [0.15, 0.2) is 0 Å². The fraction of sp³-hybridized carbons (Fsp3) is 0.350. The maximum Gasteiger partial charge on any atom is 0.219 e. The first-order valence-corrected chi connectivity index (χ1v) is 8.71. The largest absolute Gasteiger partial charge is 0.492 e. The van der Waals surface area contributed by atoms with E-state index in [-0.39, 0.29) is 5.91 Å². The van der Waals surface area contributed by atoms with Crippen molar-refractivity contribution in [3.8, 4) is 5.75 Å². The van der Waals surface area contributed by atoms with Crippen LogP contribution in [-0.4, -0.2) is 55.0 Å². The first-order valence-electron chi connectivity index (χ1n) is 8.71. The molecule has 0 saturated carbocycles. The van der Waals surface area contributed by atoms with Crippen molar-refractivity contribution in [2.45, 2.75) is 6.92 Å². The molecule has 1 amide bonds. The number of fused-ring (bicyclic) bond motifs is 3. The zero-order valence-corrected chi connectivity index (χ0v) is 14.4. The predicted molar refractivity (Wildman–Crippen MR) is 97.9 cm³/mol. The Labute approximate surface area is 146 Å². The molecule has 0 bridgehead atoms. The van der Waals surface area contributed by atoms with E-state index in [1.54, 1.807) is 13.2 Å². The van der Waals surface area contributed by atoms with Crippen LogP contribution in [0.2, 0.25) is 0 Å². The molecule has 0 spiro atoms. The molecule has 5 nitrogen and oxygen atoms in total. The lowest BCUT2D eigenvalue weighted by Gasteiger charge is -2.34. The van der Waals surface area contributed by atoms with Crippen LogP contribution in [0.5, 0.6) is 5.75 Å². The van der Waals surface area contributed by atoms with Gasteiger partial charge in [0.1, 0.15) is 17.9 Å². The number of piperazine rings is 1. The minimum absolute atomic E-state index is 0.166. The third-order valence-corrected chi connectivity index (χ3v) is 4.92. The van der Waals surface area contributed by atoms with Crippen LogP contribution in [0.3, 0.4) is 0 Å². The lowest BCUT2D eigenvalue weighted by atomic mass is 10.1. The second-order valence-electron chi connectivity index (χ2n) is 6.48. The molecule has 1 aliphatic rings. The number of ether oxygens (including phenoxy) is 1. The van der Waals surface area contributed by atoms with E-state index >= 15 is 0 Å². The van der Waals surface area contributed by atoms with Crippen LogP contribution in [0.15, 0.2) is 47.1 Å². The van der Waals surface area contributed by atoms with E-state index in [4.69, 9.17) is 9.15 Å². The molecule has 0 aliphatic carbocycles. The molecule has 1 aromatic heterocycles. The molecule has 4 rings (SSSR count). The van der Waals surface area contributed by atoms with Gasteiger partial charge in [-0.05, 0) is 41.1 Å². The summed E-state index contributed by atoms with van der Waals surface area (Å²) < 4.78 is 11.4. The topological polar surface area (TPSA) is 45.9 Å². The summed E-state index contributed by atoms with van der Waals surface area (Å²) in [6.07, 6.45) is 1.72. The Hall–Kier alpha value is -2.53. The molecule has 25 heavy (non-hydrogen) atoms. The molecule has 0 unspecified atom stereocenters. The lowest BCUT2D eigenvalue weighted by Crippen LogP contribution is -2.48. The number of hydrogen-bond acceptors (Lipinski definition) is 4. The molecule has 2 aromatic carbocycles. The maximum absolute atomic E-state index is 11.4. The molecule has 1 aliphatic heterocycles. The molecule has 1 fully saturated rings. The molecule has 0 N–H and O–H groups in total. The van der Waals surface area contributed by atoms with Gasteiger partial charge in [-0.3, -0.25) is 9.69 Å². The molecular formula is C20H22N2O3. The van der Waals surface area contributed by atoms with Crippen LogP contribution in [0, 0.1) is 0 Å². The molecular weight excluding hydrogens is 316 g/mol. The highest BCUT2D eigenvalue weighted by atomic mass is 16.5. The van der Waals surface area contributed by atoms with Crippen molar-refractivity contribution in [1.29, 1.82) is 0 Å². The number of furan rings is 1. The molecule has 0 radical (unpaired) electrons. The Balaban J connectivity index is 1.35. The number of amides is 1. The number of carbonyl (C=O) groups is 1. The Kier molecular flexibility index (Phi) is 4.32. The van der Waals surface area contributed by atoms with Gasteiger partial charge in [-0.25, -0.2) is 0 Å². The second kappa shape index (κ2) is 6.76. The van der Waals surface area contributed by atoms with Crippen molar-refractivity contribution >= 4 is 27.6 Å². The maximum atomic E-state index is 11.4. The fourth-order valence-electron chi connectivity index (χ4n) is 3.43. The predicted octanol–water partition coefficient (Wildman–Crippen LogP) is 3.13. The highest BCUT2D eigenvalue weighted by molar-refractivity contribution is 6.05. The van der Waals surface area contributed by atoms with Crippen LogP contribution >= 0.6 is 0 Å². The van der Waals surface area contributed by atoms with Crippen molar-refractivity contribution in [1.82, 2.24) is 9.80 Å². The van der Waals surface area contributed by atoms with Crippen LogP contribution in [-0.2, 0) is 4.79 Å². The molecule has 130 valence electrons. The van der Waals surface area contributed by atoms with Crippen molar-refractivity contribution in [2.24, 2.45) is 0 Å². The molecule has 0 atom stereocenters. The van der Waals surface area contributed by atoms with Gasteiger partial charge in [0, 0.05) is 45.0 Å². The normalized spacial score (nSPS) is 15.8. The van der Waals surface area contributed by atoms with E-state index in [2.05, 4.69) is 23.1 Å². The number of rotatable bonds is 4.